The Kier molecular flexibility index (Phi) is 4.13. The molecule has 2 N–H and O–H groups in total. The summed E-state index contributed by atoms with van der Waals surface area (Å²) in [5.41, 5.74) is 7.31. The highest BCUT2D eigenvalue weighted by Gasteiger charge is 2.12. The number of thiophene rings is 1. The molecule has 5 heteroatoms. The average Bonchev–Trinajstić information content (AvgIpc) is 2.61. The van der Waals surface area contributed by atoms with E-state index in [1.165, 1.54) is 4.88 Å². The van der Waals surface area contributed by atoms with E-state index in [1.807, 2.05) is 18.3 Å². The van der Waals surface area contributed by atoms with Crippen LogP contribution in [-0.4, -0.2) is 4.98 Å². The summed E-state index contributed by atoms with van der Waals surface area (Å²) < 4.78 is 2.15. The second-order valence-corrected chi connectivity index (χ2v) is 6.70. The Morgan fingerprint density at radius 2 is 2.25 bits per heavy atom. The fraction of sp³-hybridized carbons (Fsp3) is 0.182. The number of aromatic nitrogens is 1. The number of hydrogen-bond acceptors (Lipinski definition) is 3. The van der Waals surface area contributed by atoms with Gasteiger partial charge in [0.1, 0.15) is 0 Å². The monoisotopic (exact) mass is 360 g/mol. The second kappa shape index (κ2) is 5.40. The predicted molar refractivity (Wildman–Crippen MR) is 74.6 cm³/mol. The Bertz CT molecular complexity index is 451. The molecule has 0 fully saturated rings. The summed E-state index contributed by atoms with van der Waals surface area (Å²) in [6.07, 6.45) is 4.44. The van der Waals surface area contributed by atoms with E-state index in [-0.39, 0.29) is 6.04 Å². The minimum atomic E-state index is 0.0248. The van der Waals surface area contributed by atoms with Gasteiger partial charge in [0.2, 0.25) is 0 Å². The smallest absolute Gasteiger partial charge is 0.0843 e. The summed E-state index contributed by atoms with van der Waals surface area (Å²) in [6.45, 7) is 0. The van der Waals surface area contributed by atoms with Crippen LogP contribution in [0.1, 0.15) is 16.5 Å². The molecule has 1 atom stereocenters. The van der Waals surface area contributed by atoms with E-state index in [1.54, 1.807) is 17.5 Å². The Hall–Kier alpha value is -0.230. The number of hydrogen-bond donors (Lipinski definition) is 1. The van der Waals surface area contributed by atoms with Crippen molar-refractivity contribution in [3.63, 3.8) is 0 Å². The summed E-state index contributed by atoms with van der Waals surface area (Å²) in [5.74, 6) is 0. The van der Waals surface area contributed by atoms with Gasteiger partial charge in [-0.05, 0) is 56.0 Å². The van der Waals surface area contributed by atoms with Gasteiger partial charge < -0.3 is 5.73 Å². The number of pyridine rings is 1. The maximum absolute atomic E-state index is 6.15. The molecular weight excluding hydrogens is 352 g/mol. The third-order valence-corrected chi connectivity index (χ3v) is 5.60. The van der Waals surface area contributed by atoms with Crippen LogP contribution in [0.25, 0.3) is 0 Å². The van der Waals surface area contributed by atoms with Gasteiger partial charge in [0.05, 0.1) is 3.79 Å². The molecule has 0 saturated carbocycles. The van der Waals surface area contributed by atoms with Crippen molar-refractivity contribution in [2.24, 2.45) is 5.73 Å². The summed E-state index contributed by atoms with van der Waals surface area (Å²) in [7, 11) is 0. The molecule has 2 aromatic heterocycles. The highest BCUT2D eigenvalue weighted by Crippen LogP contribution is 2.35. The van der Waals surface area contributed by atoms with Crippen molar-refractivity contribution in [1.29, 1.82) is 0 Å². The van der Waals surface area contributed by atoms with Crippen molar-refractivity contribution in [1.82, 2.24) is 4.98 Å². The Morgan fingerprint density at radius 3 is 2.81 bits per heavy atom. The van der Waals surface area contributed by atoms with Crippen molar-refractivity contribution in [3.05, 3.63) is 49.3 Å². The number of rotatable bonds is 3. The first kappa shape index (κ1) is 12.2. The molecular formula is C11H10Br2N2S. The lowest BCUT2D eigenvalue weighted by molar-refractivity contribution is 0.734. The molecule has 0 bridgehead atoms. The van der Waals surface area contributed by atoms with Gasteiger partial charge in [-0.25, -0.2) is 0 Å². The van der Waals surface area contributed by atoms with Crippen molar-refractivity contribution < 1.29 is 0 Å². The maximum Gasteiger partial charge on any atom is 0.0843 e. The van der Waals surface area contributed by atoms with Crippen molar-refractivity contribution in [2.75, 3.05) is 0 Å². The molecule has 2 aromatic rings. The largest absolute Gasteiger partial charge is 0.323 e. The molecule has 0 aromatic carbocycles. The molecule has 2 nitrogen and oxygen atoms in total. The first-order valence-electron chi connectivity index (χ1n) is 4.76. The molecule has 0 aliphatic carbocycles. The van der Waals surface area contributed by atoms with Gasteiger partial charge in [0.15, 0.2) is 0 Å². The van der Waals surface area contributed by atoms with E-state index in [0.29, 0.717) is 0 Å². The van der Waals surface area contributed by atoms with Crippen molar-refractivity contribution in [2.45, 2.75) is 12.5 Å². The first-order chi connectivity index (χ1) is 7.66. The standard InChI is InChI=1S/C11H10Br2N2S/c12-8-5-10(16-11(8)13)9(14)4-7-2-1-3-15-6-7/h1-3,5-6,9H,4,14H2. The van der Waals surface area contributed by atoms with Gasteiger partial charge >= 0.3 is 0 Å². The second-order valence-electron chi connectivity index (χ2n) is 3.44. The minimum Gasteiger partial charge on any atom is -0.323 e. The zero-order valence-electron chi connectivity index (χ0n) is 8.36. The third kappa shape index (κ3) is 2.91. The lowest BCUT2D eigenvalue weighted by Crippen LogP contribution is -2.11. The number of nitrogens with zero attached hydrogens (tertiary/aromatic N) is 1. The average molecular weight is 362 g/mol. The fourth-order valence-electron chi connectivity index (χ4n) is 1.42. The maximum atomic E-state index is 6.15. The van der Waals surface area contributed by atoms with Gasteiger partial charge in [-0.15, -0.1) is 11.3 Å². The molecule has 16 heavy (non-hydrogen) atoms. The van der Waals surface area contributed by atoms with E-state index < -0.39 is 0 Å². The summed E-state index contributed by atoms with van der Waals surface area (Å²) in [4.78, 5) is 5.25. The molecule has 2 rings (SSSR count). The molecule has 0 aliphatic heterocycles. The summed E-state index contributed by atoms with van der Waals surface area (Å²) in [5, 5.41) is 0. The van der Waals surface area contributed by atoms with Crippen LogP contribution >= 0.6 is 43.2 Å². The summed E-state index contributed by atoms with van der Waals surface area (Å²) in [6, 6.07) is 6.07. The van der Waals surface area contributed by atoms with Crippen LogP contribution in [0, 0.1) is 0 Å². The van der Waals surface area contributed by atoms with Gasteiger partial charge in [-0.3, -0.25) is 4.98 Å². The van der Waals surface area contributed by atoms with Crippen LogP contribution in [0.2, 0.25) is 0 Å². The molecule has 1 unspecified atom stereocenters. The first-order valence-corrected chi connectivity index (χ1v) is 7.16. The molecule has 0 aliphatic rings. The van der Waals surface area contributed by atoms with Crippen LogP contribution in [0.5, 0.6) is 0 Å². The van der Waals surface area contributed by atoms with Crippen LogP contribution in [0.3, 0.4) is 0 Å². The lowest BCUT2D eigenvalue weighted by Gasteiger charge is -2.08. The number of nitrogens with two attached hydrogens (primary N) is 1. The van der Waals surface area contributed by atoms with E-state index in [4.69, 9.17) is 5.73 Å². The Labute approximate surface area is 115 Å². The highest BCUT2D eigenvalue weighted by molar-refractivity contribution is 9.13. The van der Waals surface area contributed by atoms with E-state index >= 15 is 0 Å². The normalized spacial score (nSPS) is 12.7. The molecule has 0 saturated heterocycles. The Morgan fingerprint density at radius 1 is 1.44 bits per heavy atom. The number of halogens is 2. The van der Waals surface area contributed by atoms with Crippen LogP contribution < -0.4 is 5.73 Å². The van der Waals surface area contributed by atoms with Gasteiger partial charge in [0.25, 0.3) is 0 Å². The van der Waals surface area contributed by atoms with Crippen molar-refractivity contribution in [3.8, 4) is 0 Å². The van der Waals surface area contributed by atoms with E-state index in [9.17, 15) is 0 Å². The van der Waals surface area contributed by atoms with E-state index in [0.717, 1.165) is 20.2 Å². The molecule has 0 radical (unpaired) electrons. The van der Waals surface area contributed by atoms with Gasteiger partial charge in [-0.1, -0.05) is 6.07 Å². The molecule has 2 heterocycles. The van der Waals surface area contributed by atoms with Crippen LogP contribution in [0.4, 0.5) is 0 Å². The van der Waals surface area contributed by atoms with E-state index in [2.05, 4.69) is 42.9 Å². The van der Waals surface area contributed by atoms with Gasteiger partial charge in [0, 0.05) is 27.8 Å². The Balaban J connectivity index is 2.11. The molecule has 84 valence electrons. The van der Waals surface area contributed by atoms with Crippen molar-refractivity contribution >= 4 is 43.2 Å². The third-order valence-electron chi connectivity index (χ3n) is 2.21. The lowest BCUT2D eigenvalue weighted by atomic mass is 10.1. The quantitative estimate of drug-likeness (QED) is 0.899. The highest BCUT2D eigenvalue weighted by atomic mass is 79.9. The SMILES string of the molecule is NC(Cc1cccnc1)c1cc(Br)c(Br)s1. The zero-order chi connectivity index (χ0) is 11.5. The summed E-state index contributed by atoms with van der Waals surface area (Å²) >= 11 is 8.61. The van der Waals surface area contributed by atoms with Crippen LogP contribution in [0.15, 0.2) is 38.9 Å². The topological polar surface area (TPSA) is 38.9 Å². The minimum absolute atomic E-state index is 0.0248. The van der Waals surface area contributed by atoms with Crippen LogP contribution in [-0.2, 0) is 6.42 Å². The van der Waals surface area contributed by atoms with Gasteiger partial charge in [-0.2, -0.15) is 0 Å². The zero-order valence-corrected chi connectivity index (χ0v) is 12.3. The predicted octanol–water partition coefficient (Wildman–Crippen LogP) is 3.91. The molecule has 0 amide bonds. The molecule has 0 spiro atoms. The fourth-order valence-corrected chi connectivity index (χ4v) is 3.51.